The smallest absolute Gasteiger partial charge is 0.199 e. The molecule has 6 nitrogen and oxygen atoms in total. The van der Waals surface area contributed by atoms with Gasteiger partial charge in [-0.3, -0.25) is 0 Å². The summed E-state index contributed by atoms with van der Waals surface area (Å²) in [5, 5.41) is 8.22. The molecule has 1 aromatic heterocycles. The third kappa shape index (κ3) is 2.12. The minimum Gasteiger partial charge on any atom is -0.497 e. The van der Waals surface area contributed by atoms with Crippen molar-refractivity contribution < 1.29 is 13.2 Å². The van der Waals surface area contributed by atoms with Crippen molar-refractivity contribution in [2.75, 3.05) is 7.11 Å². The van der Waals surface area contributed by atoms with E-state index in [0.717, 1.165) is 17.0 Å². The summed E-state index contributed by atoms with van der Waals surface area (Å²) >= 11 is 0. The molecule has 0 amide bonds. The van der Waals surface area contributed by atoms with Gasteiger partial charge in [-0.05, 0) is 30.3 Å². The second kappa shape index (κ2) is 4.92. The van der Waals surface area contributed by atoms with Crippen LogP contribution in [0.15, 0.2) is 53.4 Å². The van der Waals surface area contributed by atoms with Gasteiger partial charge in [-0.25, -0.2) is 13.1 Å². The lowest BCUT2D eigenvalue weighted by atomic mass is 10.0. The van der Waals surface area contributed by atoms with E-state index in [0.29, 0.717) is 16.2 Å². The second-order valence-corrected chi connectivity index (χ2v) is 7.18. The maximum Gasteiger partial charge on any atom is 0.199 e. The Labute approximate surface area is 133 Å². The van der Waals surface area contributed by atoms with Crippen molar-refractivity contribution in [1.29, 1.82) is 0 Å². The van der Waals surface area contributed by atoms with Crippen LogP contribution in [0.25, 0.3) is 22.5 Å². The molecule has 0 saturated heterocycles. The molecule has 0 bridgehead atoms. The fourth-order valence-electron chi connectivity index (χ4n) is 2.78. The van der Waals surface area contributed by atoms with Crippen LogP contribution in [0.5, 0.6) is 5.75 Å². The Morgan fingerprint density at radius 3 is 2.57 bits per heavy atom. The number of fused-ring (bicyclic) bond motifs is 3. The Hall–Kier alpha value is -2.67. The van der Waals surface area contributed by atoms with Crippen molar-refractivity contribution in [2.24, 2.45) is 0 Å². The first-order valence-electron chi connectivity index (χ1n) is 7.00. The van der Waals surface area contributed by atoms with E-state index in [-0.39, 0.29) is 5.88 Å². The Kier molecular flexibility index (Phi) is 2.99. The molecule has 1 aliphatic rings. The molecule has 23 heavy (non-hydrogen) atoms. The van der Waals surface area contributed by atoms with Crippen LogP contribution < -0.4 is 4.74 Å². The number of hydrogen-bond acceptors (Lipinski definition) is 5. The largest absolute Gasteiger partial charge is 0.497 e. The third-order valence-corrected chi connectivity index (χ3v) is 5.48. The summed E-state index contributed by atoms with van der Waals surface area (Å²) in [7, 11) is -1.79. The van der Waals surface area contributed by atoms with Crippen LogP contribution in [-0.4, -0.2) is 30.5 Å². The van der Waals surface area contributed by atoms with Gasteiger partial charge in [0.05, 0.1) is 17.7 Å². The van der Waals surface area contributed by atoms with Gasteiger partial charge >= 0.3 is 0 Å². The highest BCUT2D eigenvalue weighted by molar-refractivity contribution is 7.90. The van der Waals surface area contributed by atoms with Gasteiger partial charge in [-0.2, -0.15) is 0 Å². The predicted molar refractivity (Wildman–Crippen MR) is 84.6 cm³/mol. The summed E-state index contributed by atoms with van der Waals surface area (Å²) in [4.78, 5) is 0.324. The molecule has 7 heteroatoms. The van der Waals surface area contributed by atoms with E-state index < -0.39 is 9.84 Å². The van der Waals surface area contributed by atoms with Crippen LogP contribution in [0.1, 0.15) is 0 Å². The van der Waals surface area contributed by atoms with Crippen LogP contribution >= 0.6 is 0 Å². The molecule has 2 heterocycles. The summed E-state index contributed by atoms with van der Waals surface area (Å²) in [6.45, 7) is 0. The van der Waals surface area contributed by atoms with Crippen molar-refractivity contribution in [1.82, 2.24) is 15.0 Å². The molecule has 0 aliphatic carbocycles. The van der Waals surface area contributed by atoms with Crippen LogP contribution in [0.2, 0.25) is 0 Å². The summed E-state index contributed by atoms with van der Waals surface area (Å²) < 4.78 is 31.3. The molecule has 116 valence electrons. The van der Waals surface area contributed by atoms with Crippen molar-refractivity contribution in [3.05, 3.63) is 48.5 Å². The van der Waals surface area contributed by atoms with E-state index in [1.54, 1.807) is 25.3 Å². The van der Waals surface area contributed by atoms with Gasteiger partial charge in [0.15, 0.2) is 9.84 Å². The van der Waals surface area contributed by atoms with Gasteiger partial charge in [0.25, 0.3) is 0 Å². The molecule has 2 aromatic carbocycles. The number of aromatic nitrogens is 3. The highest BCUT2D eigenvalue weighted by Crippen LogP contribution is 2.38. The molecular formula is C16H13N3O3S. The van der Waals surface area contributed by atoms with Gasteiger partial charge in [0.1, 0.15) is 17.3 Å². The zero-order valence-electron chi connectivity index (χ0n) is 12.3. The first-order valence-corrected chi connectivity index (χ1v) is 8.65. The monoisotopic (exact) mass is 327 g/mol. The summed E-state index contributed by atoms with van der Waals surface area (Å²) in [6.07, 6.45) is 0. The molecule has 0 fully saturated rings. The van der Waals surface area contributed by atoms with E-state index in [4.69, 9.17) is 4.74 Å². The molecule has 1 aliphatic heterocycles. The average molecular weight is 327 g/mol. The lowest BCUT2D eigenvalue weighted by Crippen LogP contribution is -2.19. The quantitative estimate of drug-likeness (QED) is 0.722. The molecule has 0 radical (unpaired) electrons. The molecule has 3 aromatic rings. The number of hydrogen-bond donors (Lipinski definition) is 0. The van der Waals surface area contributed by atoms with E-state index >= 15 is 0 Å². The lowest BCUT2D eigenvalue weighted by Gasteiger charge is -2.18. The van der Waals surface area contributed by atoms with Crippen LogP contribution in [0, 0.1) is 0 Å². The number of benzene rings is 2. The highest BCUT2D eigenvalue weighted by Gasteiger charge is 2.31. The van der Waals surface area contributed by atoms with Crippen LogP contribution in [-0.2, 0) is 15.7 Å². The summed E-state index contributed by atoms with van der Waals surface area (Å²) in [5.74, 6) is 0.556. The van der Waals surface area contributed by atoms with Gasteiger partial charge in [0, 0.05) is 11.1 Å². The van der Waals surface area contributed by atoms with Crippen molar-refractivity contribution >= 4 is 9.84 Å². The standard InChI is InChI=1S/C16H13N3O3S/c1-22-12-8-6-11(7-9-12)15-16-13-4-2-3-5-14(13)23(20,21)10-19(16)18-17-15/h2-9H,10H2,1H3. The molecule has 0 spiro atoms. The first kappa shape index (κ1) is 14.0. The third-order valence-electron chi connectivity index (χ3n) is 3.87. The first-order chi connectivity index (χ1) is 11.1. The van der Waals surface area contributed by atoms with E-state index in [2.05, 4.69) is 10.3 Å². The Morgan fingerprint density at radius 2 is 1.83 bits per heavy atom. The molecule has 0 N–H and O–H groups in total. The van der Waals surface area contributed by atoms with E-state index in [9.17, 15) is 8.42 Å². The van der Waals surface area contributed by atoms with Crippen LogP contribution in [0.3, 0.4) is 0 Å². The maximum absolute atomic E-state index is 12.4. The normalized spacial score (nSPS) is 14.8. The SMILES string of the molecule is COc1ccc(-c2nnn3c2-c2ccccc2S(=O)(=O)C3)cc1. The minimum absolute atomic E-state index is 0.192. The Morgan fingerprint density at radius 1 is 1.09 bits per heavy atom. The molecule has 0 atom stereocenters. The number of nitrogens with zero attached hydrogens (tertiary/aromatic N) is 3. The van der Waals surface area contributed by atoms with Gasteiger partial charge in [0.2, 0.25) is 0 Å². The van der Waals surface area contributed by atoms with Crippen molar-refractivity contribution in [3.63, 3.8) is 0 Å². The minimum atomic E-state index is -3.39. The summed E-state index contributed by atoms with van der Waals surface area (Å²) in [6, 6.07) is 14.4. The molecule has 0 saturated carbocycles. The zero-order chi connectivity index (χ0) is 16.0. The zero-order valence-corrected chi connectivity index (χ0v) is 13.1. The van der Waals surface area contributed by atoms with E-state index in [1.807, 2.05) is 30.3 Å². The van der Waals surface area contributed by atoms with Gasteiger partial charge in [-0.15, -0.1) is 5.10 Å². The molecular weight excluding hydrogens is 314 g/mol. The second-order valence-electron chi connectivity index (χ2n) is 5.25. The Bertz CT molecular complexity index is 992. The lowest BCUT2D eigenvalue weighted by molar-refractivity contribution is 0.415. The van der Waals surface area contributed by atoms with Crippen molar-refractivity contribution in [3.8, 4) is 28.3 Å². The summed E-state index contributed by atoms with van der Waals surface area (Å²) in [5.41, 5.74) is 2.88. The number of sulfone groups is 1. The fourth-order valence-corrected chi connectivity index (χ4v) is 4.20. The predicted octanol–water partition coefficient (Wildman–Crippen LogP) is 2.37. The maximum atomic E-state index is 12.4. The van der Waals surface area contributed by atoms with Gasteiger partial charge in [-0.1, -0.05) is 23.4 Å². The fraction of sp³-hybridized carbons (Fsp3) is 0.125. The number of ether oxygens (including phenoxy) is 1. The number of methoxy groups -OCH3 is 1. The van der Waals surface area contributed by atoms with Crippen LogP contribution in [0.4, 0.5) is 0 Å². The molecule has 0 unspecified atom stereocenters. The van der Waals surface area contributed by atoms with E-state index in [1.165, 1.54) is 4.68 Å². The number of rotatable bonds is 2. The van der Waals surface area contributed by atoms with Crippen molar-refractivity contribution in [2.45, 2.75) is 10.8 Å². The highest BCUT2D eigenvalue weighted by atomic mass is 32.2. The average Bonchev–Trinajstić information content (AvgIpc) is 2.98. The molecule has 4 rings (SSSR count). The Balaban J connectivity index is 1.94. The van der Waals surface area contributed by atoms with Gasteiger partial charge < -0.3 is 4.74 Å². The topological polar surface area (TPSA) is 74.1 Å².